The summed E-state index contributed by atoms with van der Waals surface area (Å²) in [5.41, 5.74) is -0.959. The Bertz CT molecular complexity index is 673. The Hall–Kier alpha value is -2.42. The molecule has 0 saturated carbocycles. The molecule has 0 aromatic heterocycles. The van der Waals surface area contributed by atoms with Crippen molar-refractivity contribution >= 4 is 39.5 Å². The Morgan fingerprint density at radius 2 is 1.78 bits per heavy atom. The van der Waals surface area contributed by atoms with Crippen molar-refractivity contribution in [3.8, 4) is 0 Å². The number of benzene rings is 1. The van der Waals surface area contributed by atoms with E-state index in [-0.39, 0.29) is 16.9 Å². The van der Waals surface area contributed by atoms with Gasteiger partial charge in [-0.1, -0.05) is 15.9 Å². The topological polar surface area (TPSA) is 90.9 Å². The highest BCUT2D eigenvalue weighted by molar-refractivity contribution is 9.10. The van der Waals surface area contributed by atoms with Crippen LogP contribution in [0.4, 0.5) is 10.1 Å². The van der Waals surface area contributed by atoms with E-state index < -0.39 is 23.7 Å². The van der Waals surface area contributed by atoms with Gasteiger partial charge in [-0.15, -0.1) is 0 Å². The number of methoxy groups -OCH3 is 3. The average Bonchev–Trinajstić information content (AvgIpc) is 2.55. The normalized spacial score (nSPS) is 10.7. The van der Waals surface area contributed by atoms with Crippen LogP contribution in [0.5, 0.6) is 0 Å². The van der Waals surface area contributed by atoms with Crippen LogP contribution in [0, 0.1) is 5.82 Å². The second kappa shape index (κ2) is 8.28. The highest BCUT2D eigenvalue weighted by atomic mass is 79.9. The highest BCUT2D eigenvalue weighted by Crippen LogP contribution is 2.26. The number of hydrogen-bond acceptors (Lipinski definition) is 7. The Balaban J connectivity index is 3.31. The van der Waals surface area contributed by atoms with Crippen LogP contribution in [0.25, 0.3) is 0 Å². The van der Waals surface area contributed by atoms with Crippen LogP contribution >= 0.6 is 15.9 Å². The minimum absolute atomic E-state index is 0.236. The second-order valence-corrected chi connectivity index (χ2v) is 4.92. The van der Waals surface area contributed by atoms with Gasteiger partial charge in [-0.25, -0.2) is 18.8 Å². The van der Waals surface area contributed by atoms with Crippen molar-refractivity contribution in [1.29, 1.82) is 0 Å². The van der Waals surface area contributed by atoms with Gasteiger partial charge in [0.25, 0.3) is 0 Å². The molecule has 0 aliphatic rings. The van der Waals surface area contributed by atoms with E-state index in [1.165, 1.54) is 12.1 Å². The van der Waals surface area contributed by atoms with Crippen molar-refractivity contribution < 1.29 is 33.0 Å². The number of carbonyl (C=O) groups excluding carboxylic acids is 3. The van der Waals surface area contributed by atoms with Gasteiger partial charge in [0.05, 0.1) is 38.7 Å². The third-order valence-electron chi connectivity index (χ3n) is 2.58. The maximum atomic E-state index is 14.4. The van der Waals surface area contributed by atoms with Gasteiger partial charge in [-0.3, -0.25) is 0 Å². The van der Waals surface area contributed by atoms with Gasteiger partial charge in [0.2, 0.25) is 0 Å². The van der Waals surface area contributed by atoms with Crippen LogP contribution < -0.4 is 5.32 Å². The van der Waals surface area contributed by atoms with Gasteiger partial charge in [-0.05, 0) is 12.1 Å². The molecule has 0 radical (unpaired) electrons. The molecule has 0 heterocycles. The molecule has 0 unspecified atom stereocenters. The molecule has 0 aliphatic carbocycles. The summed E-state index contributed by atoms with van der Waals surface area (Å²) in [5.74, 6) is -3.63. The molecule has 1 aromatic rings. The largest absolute Gasteiger partial charge is 0.466 e. The lowest BCUT2D eigenvalue weighted by Gasteiger charge is -2.12. The molecule has 9 heteroatoms. The van der Waals surface area contributed by atoms with Gasteiger partial charge in [0.1, 0.15) is 5.70 Å². The van der Waals surface area contributed by atoms with Crippen molar-refractivity contribution in [2.45, 2.75) is 0 Å². The maximum absolute atomic E-state index is 14.4. The molecule has 1 aromatic carbocycles. The van der Waals surface area contributed by atoms with Crippen molar-refractivity contribution in [3.63, 3.8) is 0 Å². The van der Waals surface area contributed by atoms with Gasteiger partial charge in [-0.2, -0.15) is 0 Å². The first-order chi connectivity index (χ1) is 10.8. The summed E-state index contributed by atoms with van der Waals surface area (Å²) < 4.78 is 28.1. The van der Waals surface area contributed by atoms with Crippen molar-refractivity contribution in [1.82, 2.24) is 0 Å². The predicted molar refractivity (Wildman–Crippen MR) is 81.2 cm³/mol. The zero-order valence-corrected chi connectivity index (χ0v) is 14.0. The Kier molecular flexibility index (Phi) is 6.70. The fourth-order valence-corrected chi connectivity index (χ4v) is 1.97. The zero-order valence-electron chi connectivity index (χ0n) is 12.4. The number of ether oxygens (including phenoxy) is 3. The van der Waals surface area contributed by atoms with Gasteiger partial charge in [0, 0.05) is 4.47 Å². The van der Waals surface area contributed by atoms with Crippen LogP contribution in [0.3, 0.4) is 0 Å². The molecule has 0 atom stereocenters. The molecule has 1 N–H and O–H groups in total. The van der Waals surface area contributed by atoms with E-state index in [1.807, 2.05) is 0 Å². The highest BCUT2D eigenvalue weighted by Gasteiger charge is 2.20. The van der Waals surface area contributed by atoms with Crippen LogP contribution in [0.15, 0.2) is 28.4 Å². The van der Waals surface area contributed by atoms with E-state index in [2.05, 4.69) is 35.5 Å². The second-order valence-electron chi connectivity index (χ2n) is 4.00. The smallest absolute Gasteiger partial charge is 0.354 e. The van der Waals surface area contributed by atoms with Crippen LogP contribution in [0.1, 0.15) is 10.4 Å². The number of esters is 3. The van der Waals surface area contributed by atoms with E-state index in [0.717, 1.165) is 27.4 Å². The van der Waals surface area contributed by atoms with E-state index in [9.17, 15) is 18.8 Å². The summed E-state index contributed by atoms with van der Waals surface area (Å²) in [6.45, 7) is 0. The lowest BCUT2D eigenvalue weighted by molar-refractivity contribution is -0.138. The number of rotatable bonds is 5. The summed E-state index contributed by atoms with van der Waals surface area (Å²) in [4.78, 5) is 34.5. The Labute approximate surface area is 139 Å². The molecule has 0 fully saturated rings. The van der Waals surface area contributed by atoms with Crippen molar-refractivity contribution in [3.05, 3.63) is 39.8 Å². The number of nitrogens with one attached hydrogen (secondary N) is 1. The molecule has 0 saturated heterocycles. The van der Waals surface area contributed by atoms with Gasteiger partial charge >= 0.3 is 17.9 Å². The predicted octanol–water partition coefficient (Wildman–Crippen LogP) is 2.02. The Morgan fingerprint density at radius 1 is 1.13 bits per heavy atom. The molecular weight excluding hydrogens is 377 g/mol. The Morgan fingerprint density at radius 3 is 2.30 bits per heavy atom. The SMILES string of the molecule is COC(=O)/C=C(/Nc1cc(Br)cc(C(=O)OC)c1F)C(=O)OC. The standard InChI is InChI=1S/C14H13BrFNO6/c1-21-11(18)6-10(14(20)23-3)17-9-5-7(15)4-8(12(9)16)13(19)22-2/h4-6,17H,1-3H3/b10-6+. The summed E-state index contributed by atoms with van der Waals surface area (Å²) in [6.07, 6.45) is 0.796. The fraction of sp³-hybridized carbons (Fsp3) is 0.214. The quantitative estimate of drug-likeness (QED) is 0.467. The first kappa shape index (κ1) is 18.6. The third-order valence-corrected chi connectivity index (χ3v) is 3.04. The van der Waals surface area contributed by atoms with Crippen LogP contribution in [-0.2, 0) is 23.8 Å². The minimum Gasteiger partial charge on any atom is -0.466 e. The van der Waals surface area contributed by atoms with E-state index in [0.29, 0.717) is 4.47 Å². The monoisotopic (exact) mass is 389 g/mol. The summed E-state index contributed by atoms with van der Waals surface area (Å²) in [7, 11) is 3.31. The molecule has 7 nitrogen and oxygen atoms in total. The third kappa shape index (κ3) is 4.78. The molecule has 23 heavy (non-hydrogen) atoms. The van der Waals surface area contributed by atoms with E-state index in [4.69, 9.17) is 0 Å². The molecule has 0 aliphatic heterocycles. The number of anilines is 1. The molecule has 0 spiro atoms. The zero-order chi connectivity index (χ0) is 17.6. The van der Waals surface area contributed by atoms with Gasteiger partial charge < -0.3 is 19.5 Å². The first-order valence-electron chi connectivity index (χ1n) is 6.06. The molecular formula is C14H13BrFNO6. The van der Waals surface area contributed by atoms with Crippen LogP contribution in [0.2, 0.25) is 0 Å². The summed E-state index contributed by atoms with van der Waals surface area (Å²) >= 11 is 3.11. The average molecular weight is 390 g/mol. The van der Waals surface area contributed by atoms with Crippen molar-refractivity contribution in [2.24, 2.45) is 0 Å². The van der Waals surface area contributed by atoms with E-state index >= 15 is 0 Å². The lowest BCUT2D eigenvalue weighted by atomic mass is 10.1. The number of hydrogen-bond donors (Lipinski definition) is 1. The molecule has 1 rings (SSSR count). The minimum atomic E-state index is -0.959. The number of carbonyl (C=O) groups is 3. The first-order valence-corrected chi connectivity index (χ1v) is 6.85. The van der Waals surface area contributed by atoms with Crippen LogP contribution in [-0.4, -0.2) is 39.2 Å². The molecule has 124 valence electrons. The summed E-state index contributed by atoms with van der Waals surface area (Å²) in [5, 5.41) is 2.40. The fourth-order valence-electron chi connectivity index (χ4n) is 1.52. The number of halogens is 2. The summed E-state index contributed by atoms with van der Waals surface area (Å²) in [6, 6.07) is 2.49. The van der Waals surface area contributed by atoms with Crippen molar-refractivity contribution in [2.75, 3.05) is 26.6 Å². The van der Waals surface area contributed by atoms with Gasteiger partial charge in [0.15, 0.2) is 5.82 Å². The molecule has 0 bridgehead atoms. The maximum Gasteiger partial charge on any atom is 0.354 e. The lowest BCUT2D eigenvalue weighted by Crippen LogP contribution is -2.17. The van der Waals surface area contributed by atoms with E-state index in [1.54, 1.807) is 0 Å². The molecule has 0 amide bonds.